The summed E-state index contributed by atoms with van der Waals surface area (Å²) in [6.07, 6.45) is 2.34. The molecular formula is C26H31N3O4S. The van der Waals surface area contributed by atoms with E-state index in [-0.39, 0.29) is 23.4 Å². The predicted molar refractivity (Wildman–Crippen MR) is 129 cm³/mol. The Bertz CT molecular complexity index is 1200. The molecule has 5 rings (SSSR count). The van der Waals surface area contributed by atoms with Crippen LogP contribution in [0.1, 0.15) is 65.9 Å². The second-order valence-corrected chi connectivity index (χ2v) is 12.0. The number of carbonyl (C=O) groups is 2. The number of rotatable bonds is 5. The van der Waals surface area contributed by atoms with Crippen molar-refractivity contribution < 1.29 is 18.0 Å². The van der Waals surface area contributed by atoms with Gasteiger partial charge in [-0.1, -0.05) is 42.5 Å². The summed E-state index contributed by atoms with van der Waals surface area (Å²) in [5, 5.41) is 2.61. The standard InChI is InChI=1S/C26H31N3O4S/c1-18(29-14-6-9-24(34(29,32)33)21-7-4-3-5-8-21)20-10-12-22(13-11-20)25(31)27-26-15-23(26)16-28(17-26)19(2)30/h3-5,7-8,10-13,18,23-24H,6,9,14-17H2,1-2H3,(H,27,31). The van der Waals surface area contributed by atoms with Crippen molar-refractivity contribution in [2.45, 2.75) is 49.9 Å². The first-order valence-corrected chi connectivity index (χ1v) is 13.5. The van der Waals surface area contributed by atoms with Crippen molar-refractivity contribution in [3.05, 3.63) is 71.3 Å². The van der Waals surface area contributed by atoms with Crippen LogP contribution in [0.5, 0.6) is 0 Å². The summed E-state index contributed by atoms with van der Waals surface area (Å²) in [6, 6.07) is 16.3. The Labute approximate surface area is 201 Å². The van der Waals surface area contributed by atoms with Crippen LogP contribution in [0, 0.1) is 5.92 Å². The fraction of sp³-hybridized carbons (Fsp3) is 0.462. The first-order chi connectivity index (χ1) is 16.2. The van der Waals surface area contributed by atoms with Gasteiger partial charge in [-0.25, -0.2) is 8.42 Å². The average Bonchev–Trinajstić information content (AvgIpc) is 3.36. The lowest BCUT2D eigenvalue weighted by atomic mass is 10.0. The first-order valence-electron chi connectivity index (χ1n) is 11.9. The van der Waals surface area contributed by atoms with Gasteiger partial charge in [0.15, 0.2) is 0 Å². The minimum Gasteiger partial charge on any atom is -0.344 e. The van der Waals surface area contributed by atoms with E-state index in [4.69, 9.17) is 0 Å². The molecule has 1 saturated carbocycles. The summed E-state index contributed by atoms with van der Waals surface area (Å²) >= 11 is 0. The average molecular weight is 482 g/mol. The summed E-state index contributed by atoms with van der Waals surface area (Å²) in [7, 11) is -3.50. The number of nitrogens with one attached hydrogen (secondary N) is 1. The largest absolute Gasteiger partial charge is 0.344 e. The zero-order chi connectivity index (χ0) is 24.1. The second-order valence-electron chi connectivity index (χ2n) is 9.91. The van der Waals surface area contributed by atoms with Crippen molar-refractivity contribution in [2.75, 3.05) is 19.6 Å². The number of likely N-dealkylation sites (tertiary alicyclic amines) is 1. The molecule has 0 aromatic heterocycles. The lowest BCUT2D eigenvalue weighted by molar-refractivity contribution is -0.128. The number of benzene rings is 2. The number of amides is 2. The zero-order valence-electron chi connectivity index (χ0n) is 19.6. The molecule has 1 aliphatic carbocycles. The highest BCUT2D eigenvalue weighted by Crippen LogP contribution is 2.49. The fourth-order valence-electron chi connectivity index (χ4n) is 5.59. The van der Waals surface area contributed by atoms with E-state index >= 15 is 0 Å². The normalized spacial score (nSPS) is 28.7. The lowest BCUT2D eigenvalue weighted by Crippen LogP contribution is -2.43. The highest BCUT2D eigenvalue weighted by Gasteiger charge is 2.61. The molecule has 2 heterocycles. The van der Waals surface area contributed by atoms with Gasteiger partial charge in [-0.15, -0.1) is 0 Å². The van der Waals surface area contributed by atoms with Gasteiger partial charge < -0.3 is 10.2 Å². The van der Waals surface area contributed by atoms with E-state index in [0.717, 1.165) is 24.0 Å². The second kappa shape index (κ2) is 8.50. The molecule has 2 saturated heterocycles. The number of hydrogen-bond donors (Lipinski definition) is 1. The smallest absolute Gasteiger partial charge is 0.251 e. The molecular weight excluding hydrogens is 450 g/mol. The van der Waals surface area contributed by atoms with Crippen LogP contribution in [-0.4, -0.2) is 54.6 Å². The number of hydrogen-bond acceptors (Lipinski definition) is 4. The summed E-state index contributed by atoms with van der Waals surface area (Å²) in [5.41, 5.74) is 1.95. The van der Waals surface area contributed by atoms with Crippen molar-refractivity contribution in [3.63, 3.8) is 0 Å². The van der Waals surface area contributed by atoms with Gasteiger partial charge in [0.05, 0.1) is 5.54 Å². The highest BCUT2D eigenvalue weighted by molar-refractivity contribution is 7.89. The Morgan fingerprint density at radius 3 is 2.44 bits per heavy atom. The van der Waals surface area contributed by atoms with Crippen LogP contribution in [0.15, 0.2) is 54.6 Å². The molecule has 0 bridgehead atoms. The molecule has 2 aliphatic heterocycles. The third kappa shape index (κ3) is 4.03. The molecule has 4 atom stereocenters. The van der Waals surface area contributed by atoms with Crippen molar-refractivity contribution >= 4 is 21.8 Å². The van der Waals surface area contributed by atoms with E-state index < -0.39 is 15.3 Å². The molecule has 1 N–H and O–H groups in total. The van der Waals surface area contributed by atoms with Crippen molar-refractivity contribution in [1.82, 2.24) is 14.5 Å². The maximum absolute atomic E-state index is 13.4. The number of fused-ring (bicyclic) bond motifs is 1. The van der Waals surface area contributed by atoms with Crippen LogP contribution in [0.25, 0.3) is 0 Å². The van der Waals surface area contributed by atoms with Crippen molar-refractivity contribution in [2.24, 2.45) is 5.92 Å². The van der Waals surface area contributed by atoms with Crippen molar-refractivity contribution in [3.8, 4) is 0 Å². The maximum atomic E-state index is 13.4. The van der Waals surface area contributed by atoms with Gasteiger partial charge in [0.2, 0.25) is 15.9 Å². The Kier molecular flexibility index (Phi) is 5.76. The van der Waals surface area contributed by atoms with Gasteiger partial charge in [-0.05, 0) is 49.4 Å². The lowest BCUT2D eigenvalue weighted by Gasteiger charge is -2.36. The summed E-state index contributed by atoms with van der Waals surface area (Å²) in [4.78, 5) is 26.3. The van der Waals surface area contributed by atoms with Crippen LogP contribution >= 0.6 is 0 Å². The predicted octanol–water partition coefficient (Wildman–Crippen LogP) is 3.27. The molecule has 7 nitrogen and oxygen atoms in total. The molecule has 0 spiro atoms. The van der Waals surface area contributed by atoms with E-state index in [0.29, 0.717) is 37.5 Å². The Hall–Kier alpha value is -2.71. The minimum absolute atomic E-state index is 0.0429. The molecule has 2 aromatic carbocycles. The van der Waals surface area contributed by atoms with Gasteiger partial charge >= 0.3 is 0 Å². The third-order valence-electron chi connectivity index (χ3n) is 7.74. The quantitative estimate of drug-likeness (QED) is 0.710. The minimum atomic E-state index is -3.50. The van der Waals surface area contributed by atoms with Crippen LogP contribution in [-0.2, 0) is 14.8 Å². The molecule has 2 amide bonds. The molecule has 3 fully saturated rings. The van der Waals surface area contributed by atoms with E-state index in [9.17, 15) is 18.0 Å². The summed E-state index contributed by atoms with van der Waals surface area (Å²) < 4.78 is 28.5. The van der Waals surface area contributed by atoms with Crippen LogP contribution in [0.3, 0.4) is 0 Å². The van der Waals surface area contributed by atoms with Gasteiger partial charge in [0.25, 0.3) is 5.91 Å². The molecule has 0 radical (unpaired) electrons. The first kappa shape index (κ1) is 23.1. The Morgan fingerprint density at radius 2 is 1.79 bits per heavy atom. The monoisotopic (exact) mass is 481 g/mol. The molecule has 3 aliphatic rings. The number of carbonyl (C=O) groups excluding carboxylic acids is 2. The Balaban J connectivity index is 1.28. The Morgan fingerprint density at radius 1 is 1.09 bits per heavy atom. The van der Waals surface area contributed by atoms with Crippen LogP contribution in [0.4, 0.5) is 0 Å². The van der Waals surface area contributed by atoms with Gasteiger partial charge in [-0.2, -0.15) is 4.31 Å². The van der Waals surface area contributed by atoms with E-state index in [2.05, 4.69) is 5.32 Å². The molecule has 2 aromatic rings. The molecule has 4 unspecified atom stereocenters. The van der Waals surface area contributed by atoms with E-state index in [1.165, 1.54) is 0 Å². The number of piperidine rings is 1. The van der Waals surface area contributed by atoms with Gasteiger partial charge in [0.1, 0.15) is 5.25 Å². The van der Waals surface area contributed by atoms with Crippen LogP contribution in [0.2, 0.25) is 0 Å². The summed E-state index contributed by atoms with van der Waals surface area (Å²) in [6.45, 7) is 5.24. The topological polar surface area (TPSA) is 86.8 Å². The van der Waals surface area contributed by atoms with Gasteiger partial charge in [-0.3, -0.25) is 9.59 Å². The summed E-state index contributed by atoms with van der Waals surface area (Å²) in [5.74, 6) is 0.227. The fourth-order valence-corrected chi connectivity index (χ4v) is 7.83. The van der Waals surface area contributed by atoms with Gasteiger partial charge in [0, 0.05) is 44.1 Å². The highest BCUT2D eigenvalue weighted by atomic mass is 32.2. The SMILES string of the molecule is CC(=O)N1CC2CC2(NC(=O)c2ccc(C(C)N3CCCC(c4ccccc4)S3(=O)=O)cc2)C1. The molecule has 34 heavy (non-hydrogen) atoms. The van der Waals surface area contributed by atoms with E-state index in [1.807, 2.05) is 49.4 Å². The van der Waals surface area contributed by atoms with Crippen LogP contribution < -0.4 is 5.32 Å². The number of nitrogens with zero attached hydrogens (tertiary/aromatic N) is 2. The van der Waals surface area contributed by atoms with E-state index in [1.54, 1.807) is 28.3 Å². The zero-order valence-corrected chi connectivity index (χ0v) is 20.4. The third-order valence-corrected chi connectivity index (χ3v) is 10.1. The molecule has 8 heteroatoms. The molecule has 180 valence electrons. The maximum Gasteiger partial charge on any atom is 0.251 e. The van der Waals surface area contributed by atoms with Crippen molar-refractivity contribution in [1.29, 1.82) is 0 Å². The number of sulfonamides is 1.